The Labute approximate surface area is 342 Å². The number of aliphatic hydroxyl groups is 5. The van der Waals surface area contributed by atoms with Gasteiger partial charge in [0.05, 0.1) is 30.5 Å². The van der Waals surface area contributed by atoms with Crippen molar-refractivity contribution in [2.24, 2.45) is 92.7 Å². The van der Waals surface area contributed by atoms with Gasteiger partial charge in [-0.3, -0.25) is 9.59 Å². The van der Waals surface area contributed by atoms with Gasteiger partial charge in [0.1, 0.15) is 6.10 Å². The monoisotopic (exact) mass is 799 g/mol. The molecule has 0 aromatic carbocycles. The highest BCUT2D eigenvalue weighted by atomic mass is 16.5. The van der Waals surface area contributed by atoms with E-state index in [9.17, 15) is 40.2 Å². The van der Waals surface area contributed by atoms with Crippen LogP contribution in [0.4, 0.5) is 0 Å². The number of esters is 1. The normalized spacial score (nSPS) is 53.9. The number of rotatable bonds is 9. The van der Waals surface area contributed by atoms with Crippen LogP contribution in [0.15, 0.2) is 0 Å². The second kappa shape index (κ2) is 15.3. The highest BCUT2D eigenvalue weighted by molar-refractivity contribution is 5.69. The lowest BCUT2D eigenvalue weighted by Crippen LogP contribution is -2.62. The van der Waals surface area contributed by atoms with E-state index in [0.29, 0.717) is 38.0 Å². The van der Waals surface area contributed by atoms with Crippen molar-refractivity contribution in [3.63, 3.8) is 0 Å². The summed E-state index contributed by atoms with van der Waals surface area (Å²) >= 11 is 0. The number of hydrogen-bond acceptors (Lipinski definition) is 8. The molecule has 0 unspecified atom stereocenters. The molecule has 9 heteroatoms. The summed E-state index contributed by atoms with van der Waals surface area (Å²) in [6, 6.07) is 0. The van der Waals surface area contributed by atoms with E-state index in [2.05, 4.69) is 41.5 Å². The molecule has 8 aliphatic rings. The third-order valence-corrected chi connectivity index (χ3v) is 20.9. The molecule has 0 radical (unpaired) electrons. The smallest absolute Gasteiger partial charge is 0.306 e. The zero-order chi connectivity index (χ0) is 41.0. The lowest BCUT2D eigenvalue weighted by molar-refractivity contribution is -0.209. The van der Waals surface area contributed by atoms with E-state index >= 15 is 0 Å². The molecule has 6 N–H and O–H groups in total. The van der Waals surface area contributed by atoms with Crippen LogP contribution in [-0.4, -0.2) is 79.2 Å². The van der Waals surface area contributed by atoms with Crippen LogP contribution in [0.2, 0.25) is 0 Å². The van der Waals surface area contributed by atoms with E-state index in [1.165, 1.54) is 0 Å². The number of aliphatic carboxylic acids is 1. The highest BCUT2D eigenvalue weighted by Crippen LogP contribution is 2.70. The van der Waals surface area contributed by atoms with Crippen molar-refractivity contribution in [1.82, 2.24) is 0 Å². The first kappa shape index (κ1) is 42.4. The summed E-state index contributed by atoms with van der Waals surface area (Å²) in [7, 11) is 0. The Morgan fingerprint density at radius 3 is 1.58 bits per heavy atom. The van der Waals surface area contributed by atoms with Crippen molar-refractivity contribution >= 4 is 11.9 Å². The topological polar surface area (TPSA) is 165 Å². The van der Waals surface area contributed by atoms with Crippen LogP contribution in [0.1, 0.15) is 157 Å². The molecule has 0 saturated heterocycles. The lowest BCUT2D eigenvalue weighted by Gasteiger charge is -2.63. The standard InChI is InChI=1S/C48H78O9/c1-25(7-13-41(54)55)31-9-11-34-44-36(24-40(53)47(31,34)5)46(4)18-16-30(20-28(46)22-38(44)51)57-42(56)14-8-26(2)32-10-12-33-43-35(23-39(52)48(32,33)6)45(3)17-15-29(49)19-27(45)21-37(43)50/h25-40,43-44,49-53H,7-24H2,1-6H3,(H,54,55)/t25-,26-,27+,28+,29-,30-,31-,32-,33+,34+,35+,36+,37+,38+,39+,40+,43+,44+,45+,46+,47-,48-/m1/s1. The third kappa shape index (κ3) is 6.70. The van der Waals surface area contributed by atoms with Gasteiger partial charge in [0, 0.05) is 12.8 Å². The van der Waals surface area contributed by atoms with E-state index in [-0.39, 0.29) is 111 Å². The molecule has 8 aliphatic carbocycles. The Kier molecular flexibility index (Phi) is 11.4. The summed E-state index contributed by atoms with van der Waals surface area (Å²) in [5.74, 6) is 1.86. The molecule has 0 bridgehead atoms. The number of ether oxygens (including phenoxy) is 1. The van der Waals surface area contributed by atoms with E-state index in [1.807, 2.05) is 0 Å². The zero-order valence-electron chi connectivity index (χ0n) is 36.0. The van der Waals surface area contributed by atoms with Gasteiger partial charge in [-0.25, -0.2) is 0 Å². The molecule has 324 valence electrons. The Morgan fingerprint density at radius 1 is 0.596 bits per heavy atom. The molecule has 0 amide bonds. The van der Waals surface area contributed by atoms with Crippen molar-refractivity contribution in [2.75, 3.05) is 0 Å². The maximum Gasteiger partial charge on any atom is 0.306 e. The fourth-order valence-corrected chi connectivity index (χ4v) is 17.7. The van der Waals surface area contributed by atoms with Crippen LogP contribution in [0.25, 0.3) is 0 Å². The molecule has 0 aromatic heterocycles. The van der Waals surface area contributed by atoms with Crippen molar-refractivity contribution in [1.29, 1.82) is 0 Å². The Bertz CT molecular complexity index is 1500. The Morgan fingerprint density at radius 2 is 1.07 bits per heavy atom. The number of carboxylic acid groups (broad SMARTS) is 1. The molecular formula is C48H78O9. The first-order valence-corrected chi connectivity index (χ1v) is 23.6. The molecular weight excluding hydrogens is 721 g/mol. The van der Waals surface area contributed by atoms with Gasteiger partial charge in [0.15, 0.2) is 0 Å². The fourth-order valence-electron chi connectivity index (χ4n) is 17.7. The van der Waals surface area contributed by atoms with Gasteiger partial charge < -0.3 is 35.4 Å². The maximum absolute atomic E-state index is 13.5. The van der Waals surface area contributed by atoms with Crippen LogP contribution in [-0.2, 0) is 14.3 Å². The van der Waals surface area contributed by atoms with Gasteiger partial charge in [0.25, 0.3) is 0 Å². The molecule has 57 heavy (non-hydrogen) atoms. The maximum atomic E-state index is 13.5. The SMILES string of the molecule is C[C@H](CCC(=O)O[C@@H]1CC[C@@]2(C)[C@@H](C1)C[C@H](O)[C@@H]1[C@@H]2C[C@H](O)[C@]2(C)[C@@H]([C@H](C)CCC(=O)O)CC[C@@H]12)[C@H]1CC[C@H]2[C@@H]3[C@@H](O)C[C@@H]4C[C@H](O)CC[C@]4(C)[C@H]3C[C@H](O)[C@]12C. The average Bonchev–Trinajstić information content (AvgIpc) is 3.70. The van der Waals surface area contributed by atoms with Crippen molar-refractivity contribution < 1.29 is 45.0 Å². The number of carbonyl (C=O) groups is 2. The first-order chi connectivity index (χ1) is 26.8. The second-order valence-corrected chi connectivity index (χ2v) is 22.9. The predicted molar refractivity (Wildman–Crippen MR) is 216 cm³/mol. The minimum absolute atomic E-state index is 0.0343. The molecule has 22 atom stereocenters. The molecule has 0 aromatic rings. The number of carboxylic acids is 1. The number of carbonyl (C=O) groups excluding carboxylic acids is 1. The van der Waals surface area contributed by atoms with E-state index < -0.39 is 30.4 Å². The third-order valence-electron chi connectivity index (χ3n) is 20.9. The average molecular weight is 799 g/mol. The zero-order valence-corrected chi connectivity index (χ0v) is 36.0. The van der Waals surface area contributed by atoms with Crippen LogP contribution in [0.3, 0.4) is 0 Å². The van der Waals surface area contributed by atoms with E-state index in [1.54, 1.807) is 0 Å². The van der Waals surface area contributed by atoms with Crippen LogP contribution < -0.4 is 0 Å². The predicted octanol–water partition coefficient (Wildman–Crippen LogP) is 7.38. The summed E-state index contributed by atoms with van der Waals surface area (Å²) in [4.78, 5) is 24.9. The number of hydrogen-bond donors (Lipinski definition) is 6. The molecule has 0 heterocycles. The van der Waals surface area contributed by atoms with Crippen LogP contribution in [0.5, 0.6) is 0 Å². The fraction of sp³-hybridized carbons (Fsp3) is 0.958. The van der Waals surface area contributed by atoms with E-state index in [0.717, 1.165) is 77.0 Å². The Hall–Kier alpha value is -1.26. The summed E-state index contributed by atoms with van der Waals surface area (Å²) in [6.45, 7) is 13.7. The summed E-state index contributed by atoms with van der Waals surface area (Å²) in [5, 5.41) is 67.3. The Balaban J connectivity index is 0.867. The molecule has 8 fully saturated rings. The summed E-state index contributed by atoms with van der Waals surface area (Å²) < 4.78 is 6.25. The van der Waals surface area contributed by atoms with Crippen molar-refractivity contribution in [2.45, 2.75) is 194 Å². The quantitative estimate of drug-likeness (QED) is 0.131. The number of aliphatic hydroxyl groups excluding tert-OH is 5. The van der Waals surface area contributed by atoms with Gasteiger partial charge in [-0.05, 0) is 195 Å². The largest absolute Gasteiger partial charge is 0.481 e. The van der Waals surface area contributed by atoms with Crippen molar-refractivity contribution in [3.05, 3.63) is 0 Å². The van der Waals surface area contributed by atoms with Gasteiger partial charge in [-0.15, -0.1) is 0 Å². The molecule has 0 spiro atoms. The molecule has 0 aliphatic heterocycles. The summed E-state index contributed by atoms with van der Waals surface area (Å²) in [6.07, 6.45) is 11.5. The molecule has 8 saturated carbocycles. The van der Waals surface area contributed by atoms with Gasteiger partial charge >= 0.3 is 11.9 Å². The number of fused-ring (bicyclic) bond motifs is 10. The molecule has 9 nitrogen and oxygen atoms in total. The van der Waals surface area contributed by atoms with E-state index in [4.69, 9.17) is 4.74 Å². The van der Waals surface area contributed by atoms with Crippen LogP contribution in [0, 0.1) is 92.7 Å². The lowest BCUT2D eigenvalue weighted by atomic mass is 9.43. The highest BCUT2D eigenvalue weighted by Gasteiger charge is 2.67. The second-order valence-electron chi connectivity index (χ2n) is 22.9. The van der Waals surface area contributed by atoms with Gasteiger partial charge in [-0.1, -0.05) is 41.5 Å². The van der Waals surface area contributed by atoms with Crippen molar-refractivity contribution in [3.8, 4) is 0 Å². The minimum Gasteiger partial charge on any atom is -0.481 e. The first-order valence-electron chi connectivity index (χ1n) is 23.6. The summed E-state index contributed by atoms with van der Waals surface area (Å²) in [5.41, 5.74) is -0.595. The minimum atomic E-state index is -0.769. The molecule has 8 rings (SSSR count). The van der Waals surface area contributed by atoms with Gasteiger partial charge in [-0.2, -0.15) is 0 Å². The van der Waals surface area contributed by atoms with Gasteiger partial charge in [0.2, 0.25) is 0 Å². The van der Waals surface area contributed by atoms with Crippen LogP contribution >= 0.6 is 0 Å².